The quantitative estimate of drug-likeness (QED) is 0.450. The van der Waals surface area contributed by atoms with Gasteiger partial charge in [0.1, 0.15) is 0 Å². The number of sulfonamides is 1. The summed E-state index contributed by atoms with van der Waals surface area (Å²) in [5, 5.41) is 0. The van der Waals surface area contributed by atoms with Crippen LogP contribution in [0.4, 0.5) is 5.69 Å². The van der Waals surface area contributed by atoms with Crippen LogP contribution in [-0.4, -0.2) is 33.3 Å². The third-order valence-corrected chi connectivity index (χ3v) is 6.92. The second-order valence-corrected chi connectivity index (χ2v) is 8.99. The summed E-state index contributed by atoms with van der Waals surface area (Å²) >= 11 is 0. The van der Waals surface area contributed by atoms with Crippen molar-refractivity contribution in [2.75, 3.05) is 23.2 Å². The zero-order valence-corrected chi connectivity index (χ0v) is 15.8. The molecule has 26 heavy (non-hydrogen) atoms. The van der Waals surface area contributed by atoms with Gasteiger partial charge < -0.3 is 4.74 Å². The zero-order valence-electron chi connectivity index (χ0n) is 15.0. The number of allylic oxidation sites excluding steroid dienone is 2. The smallest absolute Gasteiger partial charge is 0.330 e. The second kappa shape index (κ2) is 8.08. The Hall–Kier alpha value is -2.08. The molecule has 2 aliphatic rings. The highest BCUT2D eigenvalue weighted by Gasteiger charge is 2.28. The van der Waals surface area contributed by atoms with E-state index in [9.17, 15) is 13.2 Å². The molecule has 1 saturated heterocycles. The van der Waals surface area contributed by atoms with Crippen molar-refractivity contribution in [3.8, 4) is 0 Å². The molecule has 1 aliphatic heterocycles. The molecule has 1 aliphatic carbocycles. The van der Waals surface area contributed by atoms with E-state index in [0.717, 1.165) is 18.4 Å². The Kier molecular flexibility index (Phi) is 5.81. The third kappa shape index (κ3) is 4.55. The van der Waals surface area contributed by atoms with Crippen LogP contribution in [0.2, 0.25) is 0 Å². The van der Waals surface area contributed by atoms with Gasteiger partial charge in [0.25, 0.3) is 0 Å². The number of hydrogen-bond donors (Lipinski definition) is 0. The predicted molar refractivity (Wildman–Crippen MR) is 103 cm³/mol. The summed E-state index contributed by atoms with van der Waals surface area (Å²) in [6, 6.07) is 7.15. The predicted octanol–water partition coefficient (Wildman–Crippen LogP) is 3.39. The summed E-state index contributed by atoms with van der Waals surface area (Å²) in [5.74, 6) is 0.777. The van der Waals surface area contributed by atoms with Gasteiger partial charge in [-0.3, -0.25) is 4.31 Å². The average Bonchev–Trinajstić information content (AvgIpc) is 2.99. The minimum Gasteiger partial charge on any atom is -0.462 e. The van der Waals surface area contributed by atoms with E-state index in [1.165, 1.54) is 10.4 Å². The first-order valence-corrected chi connectivity index (χ1v) is 10.7. The number of carbonyl (C=O) groups excluding carboxylic acids is 1. The highest BCUT2D eigenvalue weighted by atomic mass is 32.2. The molecule has 1 aromatic rings. The van der Waals surface area contributed by atoms with Gasteiger partial charge >= 0.3 is 5.97 Å². The lowest BCUT2D eigenvalue weighted by Gasteiger charge is -2.24. The monoisotopic (exact) mass is 375 g/mol. The van der Waals surface area contributed by atoms with E-state index < -0.39 is 10.0 Å². The zero-order chi connectivity index (χ0) is 18.6. The highest BCUT2D eigenvalue weighted by Crippen LogP contribution is 2.26. The summed E-state index contributed by atoms with van der Waals surface area (Å²) in [7, 11) is -3.16. The van der Waals surface area contributed by atoms with Gasteiger partial charge in [0.05, 0.1) is 18.0 Å². The number of rotatable bonds is 5. The molecule has 2 unspecified atom stereocenters. The Morgan fingerprint density at radius 1 is 1.23 bits per heavy atom. The maximum absolute atomic E-state index is 11.9. The fraction of sp³-hybridized carbons (Fsp3) is 0.450. The maximum atomic E-state index is 11.9. The molecule has 0 bridgehead atoms. The van der Waals surface area contributed by atoms with Crippen LogP contribution in [0.3, 0.4) is 0 Å². The number of esters is 1. The minimum atomic E-state index is -3.16. The first kappa shape index (κ1) is 18.7. The van der Waals surface area contributed by atoms with Crippen LogP contribution in [0.1, 0.15) is 31.7 Å². The van der Waals surface area contributed by atoms with Crippen LogP contribution < -0.4 is 4.31 Å². The Bertz CT molecular complexity index is 796. The van der Waals surface area contributed by atoms with Crippen molar-refractivity contribution in [1.29, 1.82) is 0 Å². The molecule has 0 N–H and O–H groups in total. The number of benzene rings is 1. The molecule has 1 aromatic carbocycles. The van der Waals surface area contributed by atoms with Crippen LogP contribution in [-0.2, 0) is 19.6 Å². The fourth-order valence-electron chi connectivity index (χ4n) is 3.32. The van der Waals surface area contributed by atoms with E-state index in [2.05, 4.69) is 19.1 Å². The SMILES string of the molecule is CC1CC=CCC1COC(=O)/C=C/c1ccc(N2CCCS2(=O)=O)cc1. The van der Waals surface area contributed by atoms with Crippen LogP contribution in [0.5, 0.6) is 0 Å². The number of nitrogens with zero attached hydrogens (tertiary/aromatic N) is 1. The van der Waals surface area contributed by atoms with E-state index >= 15 is 0 Å². The molecular formula is C20H25NO4S. The van der Waals surface area contributed by atoms with Gasteiger partial charge in [0.2, 0.25) is 10.0 Å². The molecule has 6 heteroatoms. The van der Waals surface area contributed by atoms with Gasteiger partial charge in [-0.05, 0) is 54.9 Å². The van der Waals surface area contributed by atoms with Gasteiger partial charge in [-0.25, -0.2) is 13.2 Å². The van der Waals surface area contributed by atoms with Gasteiger partial charge in [-0.1, -0.05) is 31.2 Å². The van der Waals surface area contributed by atoms with Crippen molar-refractivity contribution in [3.05, 3.63) is 48.1 Å². The molecule has 0 spiro atoms. The molecule has 1 fully saturated rings. The molecule has 1 heterocycles. The van der Waals surface area contributed by atoms with Crippen molar-refractivity contribution >= 4 is 27.8 Å². The van der Waals surface area contributed by atoms with Crippen molar-refractivity contribution in [1.82, 2.24) is 0 Å². The second-order valence-electron chi connectivity index (χ2n) is 6.98. The highest BCUT2D eigenvalue weighted by molar-refractivity contribution is 7.93. The molecular weight excluding hydrogens is 350 g/mol. The van der Waals surface area contributed by atoms with Crippen LogP contribution in [0, 0.1) is 11.8 Å². The summed E-state index contributed by atoms with van der Waals surface area (Å²) in [4.78, 5) is 11.9. The molecule has 0 radical (unpaired) electrons. The lowest BCUT2D eigenvalue weighted by atomic mass is 9.85. The van der Waals surface area contributed by atoms with Crippen LogP contribution >= 0.6 is 0 Å². The summed E-state index contributed by atoms with van der Waals surface area (Å²) in [6.45, 7) is 3.15. The number of anilines is 1. The topological polar surface area (TPSA) is 63.7 Å². The van der Waals surface area contributed by atoms with Crippen LogP contribution in [0.15, 0.2) is 42.5 Å². The molecule has 5 nitrogen and oxygen atoms in total. The van der Waals surface area contributed by atoms with E-state index in [1.807, 2.05) is 0 Å². The first-order valence-electron chi connectivity index (χ1n) is 9.06. The lowest BCUT2D eigenvalue weighted by molar-refractivity contribution is -0.139. The van der Waals surface area contributed by atoms with Crippen molar-refractivity contribution in [2.24, 2.45) is 11.8 Å². The molecule has 2 atom stereocenters. The fourth-order valence-corrected chi connectivity index (χ4v) is 4.89. The molecule has 0 saturated carbocycles. The summed E-state index contributed by atoms with van der Waals surface area (Å²) in [5.41, 5.74) is 1.50. The maximum Gasteiger partial charge on any atom is 0.330 e. The standard InChI is InChI=1S/C20H25NO4S/c1-16-5-2-3-6-18(16)15-25-20(22)12-9-17-7-10-19(11-8-17)21-13-4-14-26(21,23)24/h2-3,7-12,16,18H,4-6,13-15H2,1H3/b12-9+. The summed E-state index contributed by atoms with van der Waals surface area (Å²) in [6.07, 6.45) is 10.1. The molecule has 0 aromatic heterocycles. The third-order valence-electron chi connectivity index (χ3n) is 5.05. The largest absolute Gasteiger partial charge is 0.462 e. The number of hydrogen-bond acceptors (Lipinski definition) is 4. The van der Waals surface area contributed by atoms with E-state index in [4.69, 9.17) is 4.74 Å². The average molecular weight is 375 g/mol. The Morgan fingerprint density at radius 3 is 2.62 bits per heavy atom. The molecule has 140 valence electrons. The Balaban J connectivity index is 1.53. The summed E-state index contributed by atoms with van der Waals surface area (Å²) < 4.78 is 30.7. The van der Waals surface area contributed by atoms with Crippen molar-refractivity contribution in [3.63, 3.8) is 0 Å². The van der Waals surface area contributed by atoms with Gasteiger partial charge in [-0.15, -0.1) is 0 Å². The van der Waals surface area contributed by atoms with E-state index in [1.54, 1.807) is 30.3 Å². The number of ether oxygens (including phenoxy) is 1. The van der Waals surface area contributed by atoms with E-state index in [-0.39, 0.29) is 11.7 Å². The van der Waals surface area contributed by atoms with Crippen LogP contribution in [0.25, 0.3) is 6.08 Å². The Labute approximate surface area is 155 Å². The van der Waals surface area contributed by atoms with Gasteiger partial charge in [0.15, 0.2) is 0 Å². The van der Waals surface area contributed by atoms with Gasteiger partial charge in [-0.2, -0.15) is 0 Å². The minimum absolute atomic E-state index is 0.204. The van der Waals surface area contributed by atoms with Crippen molar-refractivity contribution < 1.29 is 17.9 Å². The molecule has 3 rings (SSSR count). The normalized spacial score (nSPS) is 24.9. The number of carbonyl (C=O) groups is 1. The van der Waals surface area contributed by atoms with E-state index in [0.29, 0.717) is 37.1 Å². The lowest BCUT2D eigenvalue weighted by Crippen LogP contribution is -2.24. The molecule has 0 amide bonds. The first-order chi connectivity index (χ1) is 12.5. The Morgan fingerprint density at radius 2 is 1.96 bits per heavy atom. The van der Waals surface area contributed by atoms with Gasteiger partial charge in [0, 0.05) is 12.6 Å². The van der Waals surface area contributed by atoms with Crippen molar-refractivity contribution in [2.45, 2.75) is 26.2 Å².